The molecule has 1 unspecified atom stereocenters. The minimum absolute atomic E-state index is 0.133. The van der Waals surface area contributed by atoms with Crippen LogP contribution in [0.25, 0.3) is 23.1 Å². The first kappa shape index (κ1) is 12.7. The number of H-pyrrole nitrogens is 1. The predicted octanol–water partition coefficient (Wildman–Crippen LogP) is 3.62. The van der Waals surface area contributed by atoms with Gasteiger partial charge in [0.2, 0.25) is 0 Å². The van der Waals surface area contributed by atoms with Gasteiger partial charge in [-0.05, 0) is 42.4 Å². The third-order valence-electron chi connectivity index (χ3n) is 4.83. The third-order valence-corrected chi connectivity index (χ3v) is 4.83. The second-order valence-corrected chi connectivity index (χ2v) is 6.16. The van der Waals surface area contributed by atoms with E-state index in [1.807, 2.05) is 30.4 Å². The smallest absolute Gasteiger partial charge is 0.193 e. The number of pyridine rings is 1. The fourth-order valence-corrected chi connectivity index (χ4v) is 3.67. The molecule has 1 atom stereocenters. The van der Waals surface area contributed by atoms with Gasteiger partial charge in [0, 0.05) is 28.1 Å². The van der Waals surface area contributed by atoms with E-state index in [4.69, 9.17) is 4.74 Å². The van der Waals surface area contributed by atoms with Gasteiger partial charge >= 0.3 is 0 Å². The van der Waals surface area contributed by atoms with Crippen molar-refractivity contribution in [3.05, 3.63) is 75.1 Å². The average Bonchev–Trinajstić information content (AvgIpc) is 2.60. The molecule has 0 fully saturated rings. The summed E-state index contributed by atoms with van der Waals surface area (Å²) in [7, 11) is 0. The first-order valence-corrected chi connectivity index (χ1v) is 7.89. The monoisotopic (exact) mass is 301 g/mol. The van der Waals surface area contributed by atoms with E-state index in [0.29, 0.717) is 12.5 Å². The zero-order chi connectivity index (χ0) is 15.4. The lowest BCUT2D eigenvalue weighted by Crippen LogP contribution is -2.21. The molecule has 5 rings (SSSR count). The van der Waals surface area contributed by atoms with Crippen LogP contribution in [0.15, 0.2) is 52.9 Å². The highest BCUT2D eigenvalue weighted by atomic mass is 16.5. The Morgan fingerprint density at radius 2 is 2.13 bits per heavy atom. The fourth-order valence-electron chi connectivity index (χ4n) is 3.67. The van der Waals surface area contributed by atoms with Crippen LogP contribution in [0.4, 0.5) is 0 Å². The minimum atomic E-state index is 0.133. The van der Waals surface area contributed by atoms with Gasteiger partial charge in [-0.25, -0.2) is 0 Å². The van der Waals surface area contributed by atoms with Crippen molar-refractivity contribution >= 4 is 23.1 Å². The molecular formula is C20H15NO2. The number of hydrogen-bond donors (Lipinski definition) is 1. The van der Waals surface area contributed by atoms with Crippen LogP contribution in [0, 0.1) is 5.92 Å². The van der Waals surface area contributed by atoms with Crippen molar-refractivity contribution in [2.75, 3.05) is 6.61 Å². The lowest BCUT2D eigenvalue weighted by atomic mass is 9.82. The Morgan fingerprint density at radius 1 is 1.17 bits per heavy atom. The van der Waals surface area contributed by atoms with Crippen LogP contribution in [0.1, 0.15) is 16.8 Å². The quantitative estimate of drug-likeness (QED) is 0.807. The number of hydrogen-bond acceptors (Lipinski definition) is 2. The summed E-state index contributed by atoms with van der Waals surface area (Å²) in [6.07, 6.45) is 15.3. The Balaban J connectivity index is 1.83. The molecule has 3 aliphatic rings. The number of aromatic nitrogens is 1. The second kappa shape index (κ2) is 4.59. The normalized spacial score (nSPS) is 20.5. The molecule has 0 saturated heterocycles. The minimum Gasteiger partial charge on any atom is -0.489 e. The van der Waals surface area contributed by atoms with Crippen LogP contribution in [0.3, 0.4) is 0 Å². The van der Waals surface area contributed by atoms with Crippen LogP contribution in [-0.2, 0) is 6.42 Å². The van der Waals surface area contributed by atoms with E-state index in [1.165, 1.54) is 5.57 Å². The van der Waals surface area contributed by atoms with Crippen molar-refractivity contribution in [2.24, 2.45) is 5.92 Å². The Bertz CT molecular complexity index is 1020. The first-order valence-electron chi connectivity index (χ1n) is 7.89. The van der Waals surface area contributed by atoms with Crippen molar-refractivity contribution < 1.29 is 4.74 Å². The zero-order valence-corrected chi connectivity index (χ0v) is 12.5. The summed E-state index contributed by atoms with van der Waals surface area (Å²) in [4.78, 5) is 16.5. The number of fused-ring (bicyclic) bond motifs is 5. The summed E-state index contributed by atoms with van der Waals surface area (Å²) < 4.78 is 5.66. The van der Waals surface area contributed by atoms with Crippen LogP contribution in [0.5, 0.6) is 5.75 Å². The number of ether oxygens (including phenoxy) is 1. The zero-order valence-electron chi connectivity index (χ0n) is 12.5. The predicted molar refractivity (Wildman–Crippen MR) is 92.5 cm³/mol. The lowest BCUT2D eigenvalue weighted by molar-refractivity contribution is 0.359. The van der Waals surface area contributed by atoms with Gasteiger partial charge in [0.05, 0.1) is 5.52 Å². The molecule has 2 aromatic rings. The Morgan fingerprint density at radius 3 is 3.09 bits per heavy atom. The molecule has 3 heteroatoms. The summed E-state index contributed by atoms with van der Waals surface area (Å²) in [6.45, 7) is 0.580. The molecule has 1 N–H and O–H groups in total. The molecule has 1 aliphatic heterocycles. The SMILES string of the molecule is O=c1c2c([nH]c3c4c(ccc13)OCC=C4)C=C1C=CC=CC1C2. The van der Waals surface area contributed by atoms with E-state index >= 15 is 0 Å². The molecule has 112 valence electrons. The van der Waals surface area contributed by atoms with E-state index in [0.717, 1.165) is 39.9 Å². The summed E-state index contributed by atoms with van der Waals surface area (Å²) in [5.41, 5.74) is 5.04. The lowest BCUT2D eigenvalue weighted by Gasteiger charge is -2.24. The summed E-state index contributed by atoms with van der Waals surface area (Å²) in [5.74, 6) is 1.14. The highest BCUT2D eigenvalue weighted by Gasteiger charge is 2.24. The van der Waals surface area contributed by atoms with Gasteiger partial charge in [-0.1, -0.05) is 24.3 Å². The molecular weight excluding hydrogens is 286 g/mol. The summed E-state index contributed by atoms with van der Waals surface area (Å²) in [6, 6.07) is 3.78. The van der Waals surface area contributed by atoms with Crippen molar-refractivity contribution in [3.63, 3.8) is 0 Å². The second-order valence-electron chi connectivity index (χ2n) is 6.16. The number of benzene rings is 1. The molecule has 2 heterocycles. The molecule has 0 bridgehead atoms. The van der Waals surface area contributed by atoms with E-state index in [1.54, 1.807) is 0 Å². The first-order chi connectivity index (χ1) is 11.3. The van der Waals surface area contributed by atoms with Gasteiger partial charge < -0.3 is 9.72 Å². The molecule has 2 aliphatic carbocycles. The summed E-state index contributed by atoms with van der Waals surface area (Å²) >= 11 is 0. The Labute approximate surface area is 133 Å². The fraction of sp³-hybridized carbons (Fsp3) is 0.150. The standard InChI is InChI=1S/C20H15NO2/c22-20-15-7-8-18-14(6-3-9-23-18)19(15)21-17-11-13-5-2-1-4-12(13)10-16(17)20/h1-8,11-12H,9-10H2,(H,21,22). The average molecular weight is 301 g/mol. The van der Waals surface area contributed by atoms with Gasteiger partial charge in [0.25, 0.3) is 0 Å². The van der Waals surface area contributed by atoms with Crippen LogP contribution in [0.2, 0.25) is 0 Å². The summed E-state index contributed by atoms with van der Waals surface area (Å²) in [5, 5.41) is 0.741. The molecule has 0 radical (unpaired) electrons. The van der Waals surface area contributed by atoms with Gasteiger partial charge in [-0.2, -0.15) is 0 Å². The maximum absolute atomic E-state index is 13.0. The Kier molecular flexibility index (Phi) is 2.54. The molecule has 1 aromatic carbocycles. The topological polar surface area (TPSA) is 42.1 Å². The van der Waals surface area contributed by atoms with Gasteiger partial charge in [0.15, 0.2) is 5.43 Å². The highest BCUT2D eigenvalue weighted by molar-refractivity contribution is 5.92. The Hall–Kier alpha value is -2.81. The van der Waals surface area contributed by atoms with Gasteiger partial charge in [-0.3, -0.25) is 4.79 Å². The van der Waals surface area contributed by atoms with Crippen molar-refractivity contribution in [1.82, 2.24) is 4.98 Å². The van der Waals surface area contributed by atoms with Crippen molar-refractivity contribution in [2.45, 2.75) is 6.42 Å². The highest BCUT2D eigenvalue weighted by Crippen LogP contribution is 2.34. The number of aromatic amines is 1. The van der Waals surface area contributed by atoms with E-state index in [-0.39, 0.29) is 5.43 Å². The largest absolute Gasteiger partial charge is 0.489 e. The number of rotatable bonds is 0. The van der Waals surface area contributed by atoms with Crippen molar-refractivity contribution in [1.29, 1.82) is 0 Å². The molecule has 0 amide bonds. The van der Waals surface area contributed by atoms with E-state index < -0.39 is 0 Å². The maximum Gasteiger partial charge on any atom is 0.193 e. The van der Waals surface area contributed by atoms with Gasteiger partial charge in [0.1, 0.15) is 12.4 Å². The van der Waals surface area contributed by atoms with Crippen molar-refractivity contribution in [3.8, 4) is 5.75 Å². The van der Waals surface area contributed by atoms with E-state index in [2.05, 4.69) is 29.3 Å². The molecule has 0 saturated carbocycles. The van der Waals surface area contributed by atoms with E-state index in [9.17, 15) is 4.79 Å². The molecule has 23 heavy (non-hydrogen) atoms. The molecule has 0 spiro atoms. The van der Waals surface area contributed by atoms with Crippen LogP contribution in [-0.4, -0.2) is 11.6 Å². The van der Waals surface area contributed by atoms with Gasteiger partial charge in [-0.15, -0.1) is 0 Å². The molecule has 1 aromatic heterocycles. The molecule has 3 nitrogen and oxygen atoms in total. The number of allylic oxidation sites excluding steroid dienone is 5. The number of nitrogens with one attached hydrogen (secondary N) is 1. The maximum atomic E-state index is 13.0. The third kappa shape index (κ3) is 1.80. The van der Waals surface area contributed by atoms with Crippen LogP contribution >= 0.6 is 0 Å². The van der Waals surface area contributed by atoms with Crippen LogP contribution < -0.4 is 10.2 Å².